The molecule has 1 heterocycles. The zero-order valence-electron chi connectivity index (χ0n) is 8.97. The molecule has 82 valence electrons. The molecule has 0 aliphatic heterocycles. The van der Waals surface area contributed by atoms with Gasteiger partial charge in [0.25, 0.3) is 0 Å². The normalized spacial score (nSPS) is 10.6. The van der Waals surface area contributed by atoms with Crippen LogP contribution in [0.2, 0.25) is 5.15 Å². The smallest absolute Gasteiger partial charge is 0.161 e. The first-order chi connectivity index (χ1) is 8.34. The van der Waals surface area contributed by atoms with Crippen LogP contribution in [-0.4, -0.2) is 9.97 Å². The molecule has 0 radical (unpaired) electrons. The molecule has 0 amide bonds. The Morgan fingerprint density at radius 1 is 0.765 bits per heavy atom. The van der Waals surface area contributed by atoms with Crippen molar-refractivity contribution in [2.75, 3.05) is 0 Å². The Bertz CT molecular complexity index is 665. The monoisotopic (exact) mass is 240 g/mol. The maximum atomic E-state index is 6.16. The second kappa shape index (κ2) is 4.15. The molecule has 0 fully saturated rings. The Morgan fingerprint density at radius 3 is 2.29 bits per heavy atom. The summed E-state index contributed by atoms with van der Waals surface area (Å²) in [5.74, 6) is 0.661. The van der Waals surface area contributed by atoms with Gasteiger partial charge in [-0.05, 0) is 12.1 Å². The number of hydrogen-bond donors (Lipinski definition) is 0. The molecular weight excluding hydrogens is 232 g/mol. The van der Waals surface area contributed by atoms with Crippen LogP contribution in [-0.2, 0) is 0 Å². The van der Waals surface area contributed by atoms with Crippen molar-refractivity contribution in [3.63, 3.8) is 0 Å². The molecule has 0 saturated heterocycles. The van der Waals surface area contributed by atoms with Crippen molar-refractivity contribution in [3.8, 4) is 11.4 Å². The van der Waals surface area contributed by atoms with Crippen molar-refractivity contribution < 1.29 is 0 Å². The Balaban J connectivity index is 2.26. The minimum atomic E-state index is 0.495. The number of fused-ring (bicyclic) bond motifs is 1. The molecule has 0 saturated carbocycles. The van der Waals surface area contributed by atoms with Gasteiger partial charge in [-0.1, -0.05) is 54.1 Å². The second-order valence-corrected chi connectivity index (χ2v) is 4.08. The van der Waals surface area contributed by atoms with Crippen molar-refractivity contribution in [3.05, 3.63) is 59.8 Å². The molecular formula is C14H9ClN2. The molecule has 0 unspecified atom stereocenters. The predicted molar refractivity (Wildman–Crippen MR) is 70.0 cm³/mol. The molecule has 3 heteroatoms. The standard InChI is InChI=1S/C14H9ClN2/c15-13-11-8-4-5-9-12(11)16-14(17-13)10-6-2-1-3-7-10/h1-9H. The van der Waals surface area contributed by atoms with Crippen molar-refractivity contribution in [1.82, 2.24) is 9.97 Å². The Morgan fingerprint density at radius 2 is 1.47 bits per heavy atom. The van der Waals surface area contributed by atoms with Gasteiger partial charge in [-0.3, -0.25) is 0 Å². The zero-order chi connectivity index (χ0) is 11.7. The van der Waals surface area contributed by atoms with Gasteiger partial charge in [-0.25, -0.2) is 9.97 Å². The fourth-order valence-electron chi connectivity index (χ4n) is 1.75. The molecule has 2 aromatic carbocycles. The van der Waals surface area contributed by atoms with Gasteiger partial charge in [-0.2, -0.15) is 0 Å². The molecule has 0 aliphatic rings. The molecule has 17 heavy (non-hydrogen) atoms. The van der Waals surface area contributed by atoms with Crippen LogP contribution < -0.4 is 0 Å². The number of aromatic nitrogens is 2. The molecule has 2 nitrogen and oxygen atoms in total. The van der Waals surface area contributed by atoms with Crippen molar-refractivity contribution in [2.45, 2.75) is 0 Å². The van der Waals surface area contributed by atoms with E-state index in [9.17, 15) is 0 Å². The van der Waals surface area contributed by atoms with E-state index in [1.54, 1.807) is 0 Å². The van der Waals surface area contributed by atoms with Gasteiger partial charge < -0.3 is 0 Å². The highest BCUT2D eigenvalue weighted by Gasteiger charge is 2.06. The summed E-state index contributed by atoms with van der Waals surface area (Å²) in [4.78, 5) is 8.84. The first-order valence-corrected chi connectivity index (χ1v) is 5.70. The Labute approximate surface area is 104 Å². The summed E-state index contributed by atoms with van der Waals surface area (Å²) in [6, 6.07) is 17.6. The third-order valence-electron chi connectivity index (χ3n) is 2.59. The summed E-state index contributed by atoms with van der Waals surface area (Å²) in [6.45, 7) is 0. The van der Waals surface area contributed by atoms with Gasteiger partial charge >= 0.3 is 0 Å². The van der Waals surface area contributed by atoms with Gasteiger partial charge in [0.1, 0.15) is 5.15 Å². The summed E-state index contributed by atoms with van der Waals surface area (Å²) in [5, 5.41) is 1.38. The fraction of sp³-hybridized carbons (Fsp3) is 0. The van der Waals surface area contributed by atoms with E-state index in [1.807, 2.05) is 54.6 Å². The lowest BCUT2D eigenvalue weighted by Crippen LogP contribution is -1.91. The maximum Gasteiger partial charge on any atom is 0.161 e. The van der Waals surface area contributed by atoms with E-state index in [0.717, 1.165) is 16.5 Å². The highest BCUT2D eigenvalue weighted by atomic mass is 35.5. The van der Waals surface area contributed by atoms with Gasteiger partial charge in [0.2, 0.25) is 0 Å². The van der Waals surface area contributed by atoms with Crippen LogP contribution in [0.15, 0.2) is 54.6 Å². The largest absolute Gasteiger partial charge is 0.228 e. The van der Waals surface area contributed by atoms with E-state index in [1.165, 1.54) is 0 Å². The molecule has 0 aliphatic carbocycles. The van der Waals surface area contributed by atoms with E-state index in [0.29, 0.717) is 11.0 Å². The zero-order valence-corrected chi connectivity index (χ0v) is 9.72. The van der Waals surface area contributed by atoms with E-state index in [-0.39, 0.29) is 0 Å². The van der Waals surface area contributed by atoms with Crippen molar-refractivity contribution in [1.29, 1.82) is 0 Å². The lowest BCUT2D eigenvalue weighted by molar-refractivity contribution is 1.23. The molecule has 0 N–H and O–H groups in total. The topological polar surface area (TPSA) is 25.8 Å². The van der Waals surface area contributed by atoms with Crippen LogP contribution >= 0.6 is 11.6 Å². The number of rotatable bonds is 1. The van der Waals surface area contributed by atoms with Crippen LogP contribution in [0.4, 0.5) is 0 Å². The van der Waals surface area contributed by atoms with Gasteiger partial charge in [0.05, 0.1) is 5.52 Å². The number of para-hydroxylation sites is 1. The summed E-state index contributed by atoms with van der Waals surface area (Å²) < 4.78 is 0. The molecule has 0 atom stereocenters. The third kappa shape index (κ3) is 1.87. The van der Waals surface area contributed by atoms with Crippen LogP contribution in [0.1, 0.15) is 0 Å². The summed E-state index contributed by atoms with van der Waals surface area (Å²) in [5.41, 5.74) is 1.84. The lowest BCUT2D eigenvalue weighted by Gasteiger charge is -2.03. The fourth-order valence-corrected chi connectivity index (χ4v) is 1.99. The van der Waals surface area contributed by atoms with Gasteiger partial charge in [0.15, 0.2) is 5.82 Å². The predicted octanol–water partition coefficient (Wildman–Crippen LogP) is 3.95. The molecule has 1 aromatic heterocycles. The van der Waals surface area contributed by atoms with Crippen molar-refractivity contribution >= 4 is 22.5 Å². The minimum Gasteiger partial charge on any atom is -0.228 e. The van der Waals surface area contributed by atoms with E-state index < -0.39 is 0 Å². The SMILES string of the molecule is Clc1nc(-c2ccccc2)nc2ccccc12. The molecule has 0 bridgehead atoms. The maximum absolute atomic E-state index is 6.16. The van der Waals surface area contributed by atoms with Crippen LogP contribution in [0, 0.1) is 0 Å². The first-order valence-electron chi connectivity index (χ1n) is 5.32. The van der Waals surface area contributed by atoms with E-state index >= 15 is 0 Å². The lowest BCUT2D eigenvalue weighted by atomic mass is 10.2. The molecule has 0 spiro atoms. The summed E-state index contributed by atoms with van der Waals surface area (Å²) in [7, 11) is 0. The number of halogens is 1. The second-order valence-electron chi connectivity index (χ2n) is 3.72. The quantitative estimate of drug-likeness (QED) is 0.602. The average Bonchev–Trinajstić information content (AvgIpc) is 2.40. The number of benzene rings is 2. The van der Waals surface area contributed by atoms with Crippen LogP contribution in [0.25, 0.3) is 22.3 Å². The van der Waals surface area contributed by atoms with Gasteiger partial charge in [0, 0.05) is 10.9 Å². The molecule has 3 aromatic rings. The van der Waals surface area contributed by atoms with Crippen LogP contribution in [0.3, 0.4) is 0 Å². The third-order valence-corrected chi connectivity index (χ3v) is 2.88. The first kappa shape index (κ1) is 10.2. The van der Waals surface area contributed by atoms with Crippen LogP contribution in [0.5, 0.6) is 0 Å². The minimum absolute atomic E-state index is 0.495. The Hall–Kier alpha value is -1.93. The summed E-state index contributed by atoms with van der Waals surface area (Å²) in [6.07, 6.45) is 0. The Kier molecular flexibility index (Phi) is 2.50. The van der Waals surface area contributed by atoms with Gasteiger partial charge in [-0.15, -0.1) is 0 Å². The van der Waals surface area contributed by atoms with Crippen molar-refractivity contribution in [2.24, 2.45) is 0 Å². The van der Waals surface area contributed by atoms with E-state index in [4.69, 9.17) is 11.6 Å². The average molecular weight is 241 g/mol. The highest BCUT2D eigenvalue weighted by molar-refractivity contribution is 6.34. The van der Waals surface area contributed by atoms with E-state index in [2.05, 4.69) is 9.97 Å². The number of hydrogen-bond acceptors (Lipinski definition) is 2. The molecule has 3 rings (SSSR count). The number of nitrogens with zero attached hydrogens (tertiary/aromatic N) is 2. The summed E-state index contributed by atoms with van der Waals surface area (Å²) >= 11 is 6.16. The highest BCUT2D eigenvalue weighted by Crippen LogP contribution is 2.24.